The summed E-state index contributed by atoms with van der Waals surface area (Å²) < 4.78 is 13.1. The van der Waals surface area contributed by atoms with Crippen LogP contribution in [0.3, 0.4) is 0 Å². The maximum atomic E-state index is 13.1. The second kappa shape index (κ2) is 5.22. The molecule has 2 nitrogen and oxygen atoms in total. The number of hydrogen-bond donors (Lipinski definition) is 1. The minimum absolute atomic E-state index is 0.216. The average Bonchev–Trinajstić information content (AvgIpc) is 2.31. The fourth-order valence-corrected chi connectivity index (χ4v) is 2.01. The van der Waals surface area contributed by atoms with Crippen LogP contribution in [0, 0.1) is 19.7 Å². The summed E-state index contributed by atoms with van der Waals surface area (Å²) in [4.78, 5) is 4.39. The number of halogens is 1. The summed E-state index contributed by atoms with van der Waals surface area (Å²) >= 11 is 0. The van der Waals surface area contributed by atoms with Crippen molar-refractivity contribution in [2.75, 3.05) is 5.32 Å². The third kappa shape index (κ3) is 2.99. The van der Waals surface area contributed by atoms with Gasteiger partial charge in [0.05, 0.1) is 0 Å². The molecule has 1 N–H and O–H groups in total. The van der Waals surface area contributed by atoms with Gasteiger partial charge in [0, 0.05) is 17.5 Å². The Hall–Kier alpha value is -2.16. The Morgan fingerprint density at radius 3 is 2.53 bits per heavy atom. The van der Waals surface area contributed by atoms with E-state index in [1.54, 1.807) is 12.3 Å². The molecule has 19 heavy (non-hydrogen) atoms. The molecular formula is C16H17FN2. The van der Waals surface area contributed by atoms with Gasteiger partial charge in [-0.3, -0.25) is 0 Å². The van der Waals surface area contributed by atoms with E-state index >= 15 is 0 Å². The first-order chi connectivity index (χ1) is 8.97. The highest BCUT2D eigenvalue weighted by atomic mass is 19.1. The Kier molecular flexibility index (Phi) is 3.65. The van der Waals surface area contributed by atoms with Crippen molar-refractivity contribution in [1.29, 1.82) is 0 Å². The van der Waals surface area contributed by atoms with Crippen LogP contribution in [0.4, 0.5) is 10.2 Å². The molecule has 2 aromatic rings. The van der Waals surface area contributed by atoms with Crippen molar-refractivity contribution in [3.63, 3.8) is 0 Å². The van der Waals surface area contributed by atoms with Gasteiger partial charge < -0.3 is 5.32 Å². The van der Waals surface area contributed by atoms with Crippen LogP contribution in [0.25, 0.3) is 11.1 Å². The van der Waals surface area contributed by atoms with Crippen molar-refractivity contribution >= 4 is 5.82 Å². The lowest BCUT2D eigenvalue weighted by molar-refractivity contribution is 0.627. The number of hydrogen-bond acceptors (Lipinski definition) is 2. The number of anilines is 1. The molecule has 0 aliphatic rings. The summed E-state index contributed by atoms with van der Waals surface area (Å²) in [6.45, 7) is 9.57. The van der Waals surface area contributed by atoms with Crippen molar-refractivity contribution in [1.82, 2.24) is 4.98 Å². The third-order valence-corrected chi connectivity index (χ3v) is 2.91. The lowest BCUT2D eigenvalue weighted by atomic mass is 10.0. The maximum Gasteiger partial charge on any atom is 0.132 e. The second-order valence-electron chi connectivity index (χ2n) is 4.75. The van der Waals surface area contributed by atoms with Gasteiger partial charge in [-0.15, -0.1) is 0 Å². The molecule has 0 aliphatic heterocycles. The number of aromatic nitrogens is 1. The zero-order chi connectivity index (χ0) is 14.0. The average molecular weight is 256 g/mol. The van der Waals surface area contributed by atoms with Gasteiger partial charge >= 0.3 is 0 Å². The molecule has 3 heteroatoms. The smallest absolute Gasteiger partial charge is 0.132 e. The van der Waals surface area contributed by atoms with Gasteiger partial charge in [0.25, 0.3) is 0 Å². The normalized spacial score (nSPS) is 10.3. The molecule has 0 saturated carbocycles. The van der Waals surface area contributed by atoms with Crippen molar-refractivity contribution in [3.8, 4) is 11.1 Å². The molecule has 2 rings (SSSR count). The van der Waals surface area contributed by atoms with Crippen molar-refractivity contribution in [3.05, 3.63) is 59.7 Å². The van der Waals surface area contributed by atoms with E-state index in [-0.39, 0.29) is 5.82 Å². The quantitative estimate of drug-likeness (QED) is 0.877. The summed E-state index contributed by atoms with van der Waals surface area (Å²) in [6.07, 6.45) is 1.79. The number of nitrogens with zero attached hydrogens (tertiary/aromatic N) is 1. The molecule has 0 fully saturated rings. The van der Waals surface area contributed by atoms with Crippen LogP contribution in [-0.2, 0) is 0 Å². The van der Waals surface area contributed by atoms with E-state index in [2.05, 4.69) is 16.9 Å². The maximum absolute atomic E-state index is 13.1. The van der Waals surface area contributed by atoms with E-state index in [9.17, 15) is 4.39 Å². The molecule has 98 valence electrons. The molecule has 0 unspecified atom stereocenters. The summed E-state index contributed by atoms with van der Waals surface area (Å²) in [7, 11) is 0. The third-order valence-electron chi connectivity index (χ3n) is 2.91. The van der Waals surface area contributed by atoms with E-state index in [1.807, 2.05) is 26.8 Å². The van der Waals surface area contributed by atoms with Crippen LogP contribution in [0.2, 0.25) is 0 Å². The molecular weight excluding hydrogens is 239 g/mol. The molecule has 0 spiro atoms. The number of benzene rings is 1. The number of nitrogens with one attached hydrogen (secondary N) is 1. The monoisotopic (exact) mass is 256 g/mol. The van der Waals surface area contributed by atoms with Gasteiger partial charge in [0.1, 0.15) is 11.6 Å². The van der Waals surface area contributed by atoms with Gasteiger partial charge in [-0.25, -0.2) is 9.37 Å². The Morgan fingerprint density at radius 1 is 1.21 bits per heavy atom. The summed E-state index contributed by atoms with van der Waals surface area (Å²) in [5.41, 5.74) is 4.77. The fraction of sp³-hybridized carbons (Fsp3) is 0.188. The molecule has 0 bridgehead atoms. The number of rotatable bonds is 3. The minimum Gasteiger partial charge on any atom is -0.344 e. The topological polar surface area (TPSA) is 24.9 Å². The SMILES string of the molecule is C=C(C)Nc1ncc(-c2ccc(F)cc2C)cc1C. The van der Waals surface area contributed by atoms with Gasteiger partial charge in [-0.1, -0.05) is 12.6 Å². The Balaban J connectivity index is 2.41. The van der Waals surface area contributed by atoms with Crippen LogP contribution < -0.4 is 5.32 Å². The first-order valence-corrected chi connectivity index (χ1v) is 6.13. The van der Waals surface area contributed by atoms with E-state index in [0.29, 0.717) is 0 Å². The predicted octanol–water partition coefficient (Wildman–Crippen LogP) is 4.45. The van der Waals surface area contributed by atoms with E-state index in [0.717, 1.165) is 33.8 Å². The van der Waals surface area contributed by atoms with Crippen molar-refractivity contribution in [2.24, 2.45) is 0 Å². The molecule has 0 atom stereocenters. The summed E-state index contributed by atoms with van der Waals surface area (Å²) in [5.74, 6) is 0.586. The first-order valence-electron chi connectivity index (χ1n) is 6.13. The van der Waals surface area contributed by atoms with Crippen LogP contribution in [0.15, 0.2) is 42.7 Å². The van der Waals surface area contributed by atoms with Crippen molar-refractivity contribution in [2.45, 2.75) is 20.8 Å². The van der Waals surface area contributed by atoms with Crippen LogP contribution >= 0.6 is 0 Å². The first kappa shape index (κ1) is 13.3. The molecule has 0 amide bonds. The van der Waals surface area contributed by atoms with Crippen molar-refractivity contribution < 1.29 is 4.39 Å². The zero-order valence-corrected chi connectivity index (χ0v) is 11.4. The summed E-state index contributed by atoms with van der Waals surface area (Å²) in [5, 5.41) is 3.11. The lowest BCUT2D eigenvalue weighted by Gasteiger charge is -2.11. The van der Waals surface area contributed by atoms with E-state index < -0.39 is 0 Å². The number of allylic oxidation sites excluding steroid dienone is 1. The molecule has 1 aromatic carbocycles. The Bertz CT molecular complexity index is 633. The molecule has 1 heterocycles. The van der Waals surface area contributed by atoms with E-state index in [1.165, 1.54) is 12.1 Å². The second-order valence-corrected chi connectivity index (χ2v) is 4.75. The highest BCUT2D eigenvalue weighted by Gasteiger charge is 2.06. The number of aryl methyl sites for hydroxylation is 2. The van der Waals surface area contributed by atoms with Gasteiger partial charge in [-0.05, 0) is 55.7 Å². The highest BCUT2D eigenvalue weighted by molar-refractivity contribution is 5.69. The van der Waals surface area contributed by atoms with Crippen LogP contribution in [0.5, 0.6) is 0 Å². The number of pyridine rings is 1. The standard InChI is InChI=1S/C16H17FN2/c1-10(2)19-16-12(4)7-13(9-18-16)15-6-5-14(17)8-11(15)3/h5-9H,1H2,2-4H3,(H,18,19). The fourth-order valence-electron chi connectivity index (χ4n) is 2.01. The van der Waals surface area contributed by atoms with Crippen LogP contribution in [-0.4, -0.2) is 4.98 Å². The van der Waals surface area contributed by atoms with Crippen LogP contribution in [0.1, 0.15) is 18.1 Å². The van der Waals surface area contributed by atoms with Gasteiger partial charge in [0.2, 0.25) is 0 Å². The Labute approximate surface area is 113 Å². The minimum atomic E-state index is -0.216. The van der Waals surface area contributed by atoms with Gasteiger partial charge in [0.15, 0.2) is 0 Å². The summed E-state index contributed by atoms with van der Waals surface area (Å²) in [6, 6.07) is 6.83. The zero-order valence-electron chi connectivity index (χ0n) is 11.4. The molecule has 0 radical (unpaired) electrons. The van der Waals surface area contributed by atoms with E-state index in [4.69, 9.17) is 0 Å². The predicted molar refractivity (Wildman–Crippen MR) is 77.5 cm³/mol. The Morgan fingerprint density at radius 2 is 1.95 bits per heavy atom. The molecule has 1 aromatic heterocycles. The molecule has 0 saturated heterocycles. The molecule has 0 aliphatic carbocycles. The highest BCUT2D eigenvalue weighted by Crippen LogP contribution is 2.26. The lowest BCUT2D eigenvalue weighted by Crippen LogP contribution is -1.99. The largest absolute Gasteiger partial charge is 0.344 e. The van der Waals surface area contributed by atoms with Gasteiger partial charge in [-0.2, -0.15) is 0 Å².